The Hall–Kier alpha value is -2.73. The summed E-state index contributed by atoms with van der Waals surface area (Å²) in [7, 11) is 0. The fourth-order valence-corrected chi connectivity index (χ4v) is 3.36. The van der Waals surface area contributed by atoms with Crippen LogP contribution in [0.3, 0.4) is 0 Å². The van der Waals surface area contributed by atoms with Crippen molar-refractivity contribution in [1.29, 1.82) is 0 Å². The number of rotatable bonds is 3. The molecule has 1 aromatic heterocycles. The summed E-state index contributed by atoms with van der Waals surface area (Å²) in [6.07, 6.45) is 1.39. The standard InChI is InChI=1S/C20H11Cl3N2O3/c21-11-1-4-13(5-2-11)25-20(27)16(19(26)24-25)10-14-6-8-18(28-14)15-7-3-12(22)9-17(15)23/h1-10H,(H,24,26)/b16-10-. The Morgan fingerprint density at radius 2 is 1.61 bits per heavy atom. The lowest BCUT2D eigenvalue weighted by Gasteiger charge is -2.14. The molecule has 28 heavy (non-hydrogen) atoms. The molecule has 1 N–H and O–H groups in total. The maximum absolute atomic E-state index is 12.6. The van der Waals surface area contributed by atoms with Crippen LogP contribution in [0.15, 0.2) is 64.6 Å². The van der Waals surface area contributed by atoms with E-state index in [1.54, 1.807) is 54.6 Å². The third-order valence-corrected chi connectivity index (χ3v) is 4.89. The highest BCUT2D eigenvalue weighted by atomic mass is 35.5. The minimum absolute atomic E-state index is 0.0435. The van der Waals surface area contributed by atoms with Gasteiger partial charge >= 0.3 is 0 Å². The molecule has 0 atom stereocenters. The van der Waals surface area contributed by atoms with E-state index in [9.17, 15) is 9.59 Å². The van der Waals surface area contributed by atoms with Crippen LogP contribution in [0.25, 0.3) is 17.4 Å². The second kappa shape index (κ2) is 7.36. The molecule has 0 spiro atoms. The lowest BCUT2D eigenvalue weighted by Crippen LogP contribution is -2.35. The van der Waals surface area contributed by atoms with Crippen LogP contribution >= 0.6 is 34.8 Å². The molecule has 0 saturated carbocycles. The minimum Gasteiger partial charge on any atom is -0.457 e. The normalized spacial score (nSPS) is 15.4. The molecule has 2 heterocycles. The first-order chi connectivity index (χ1) is 13.4. The zero-order valence-corrected chi connectivity index (χ0v) is 16.3. The van der Waals surface area contributed by atoms with Gasteiger partial charge in [0.25, 0.3) is 11.8 Å². The summed E-state index contributed by atoms with van der Waals surface area (Å²) >= 11 is 18.0. The molecule has 0 unspecified atom stereocenters. The molecule has 140 valence electrons. The maximum Gasteiger partial charge on any atom is 0.282 e. The summed E-state index contributed by atoms with van der Waals surface area (Å²) < 4.78 is 5.73. The molecule has 2 aromatic carbocycles. The molecule has 0 aliphatic carbocycles. The van der Waals surface area contributed by atoms with Crippen molar-refractivity contribution < 1.29 is 14.0 Å². The molecule has 8 heteroatoms. The van der Waals surface area contributed by atoms with Crippen molar-refractivity contribution in [3.05, 3.63) is 81.0 Å². The van der Waals surface area contributed by atoms with Crippen molar-refractivity contribution in [2.75, 3.05) is 5.01 Å². The van der Waals surface area contributed by atoms with E-state index in [2.05, 4.69) is 5.43 Å². The third-order valence-electron chi connectivity index (χ3n) is 4.09. The van der Waals surface area contributed by atoms with Crippen molar-refractivity contribution in [3.8, 4) is 11.3 Å². The first-order valence-corrected chi connectivity index (χ1v) is 9.24. The van der Waals surface area contributed by atoms with Gasteiger partial charge in [-0.15, -0.1) is 0 Å². The first-order valence-electron chi connectivity index (χ1n) is 8.10. The van der Waals surface area contributed by atoms with E-state index in [1.165, 1.54) is 6.08 Å². The number of furan rings is 1. The third kappa shape index (κ3) is 3.52. The van der Waals surface area contributed by atoms with E-state index in [1.807, 2.05) is 0 Å². The molecule has 1 fully saturated rings. The number of nitrogens with one attached hydrogen (secondary N) is 1. The maximum atomic E-state index is 12.6. The summed E-state index contributed by atoms with van der Waals surface area (Å²) in [6.45, 7) is 0. The van der Waals surface area contributed by atoms with Crippen LogP contribution in [0.1, 0.15) is 5.76 Å². The lowest BCUT2D eigenvalue weighted by molar-refractivity contribution is -0.117. The molecule has 5 nitrogen and oxygen atoms in total. The van der Waals surface area contributed by atoms with Crippen LogP contribution < -0.4 is 10.4 Å². The second-order valence-electron chi connectivity index (χ2n) is 5.94. The predicted molar refractivity (Wildman–Crippen MR) is 109 cm³/mol. The Bertz CT molecular complexity index is 1120. The summed E-state index contributed by atoms with van der Waals surface area (Å²) in [6, 6.07) is 14.9. The highest BCUT2D eigenvalue weighted by Crippen LogP contribution is 2.32. The molecule has 3 aromatic rings. The molecule has 2 amide bonds. The van der Waals surface area contributed by atoms with Gasteiger partial charge in [-0.05, 0) is 60.7 Å². The Morgan fingerprint density at radius 3 is 2.32 bits per heavy atom. The number of nitrogens with zero attached hydrogens (tertiary/aromatic N) is 1. The van der Waals surface area contributed by atoms with E-state index < -0.39 is 11.8 Å². The van der Waals surface area contributed by atoms with Gasteiger partial charge in [-0.3, -0.25) is 15.0 Å². The topological polar surface area (TPSA) is 62.6 Å². The average molecular weight is 434 g/mol. The quantitative estimate of drug-likeness (QED) is 0.446. The molecule has 0 radical (unpaired) electrons. The second-order valence-corrected chi connectivity index (χ2v) is 7.22. The van der Waals surface area contributed by atoms with E-state index in [-0.39, 0.29) is 5.57 Å². The number of hydrogen-bond acceptors (Lipinski definition) is 3. The van der Waals surface area contributed by atoms with Gasteiger partial charge in [-0.1, -0.05) is 34.8 Å². The van der Waals surface area contributed by atoms with Crippen LogP contribution in [-0.2, 0) is 9.59 Å². The molecular formula is C20H11Cl3N2O3. The zero-order chi connectivity index (χ0) is 19.8. The molecule has 1 saturated heterocycles. The van der Waals surface area contributed by atoms with Gasteiger partial charge in [-0.2, -0.15) is 0 Å². The largest absolute Gasteiger partial charge is 0.457 e. The number of anilines is 1. The highest BCUT2D eigenvalue weighted by Gasteiger charge is 2.34. The fourth-order valence-electron chi connectivity index (χ4n) is 2.74. The van der Waals surface area contributed by atoms with E-state index in [0.29, 0.717) is 37.8 Å². The highest BCUT2D eigenvalue weighted by molar-refractivity contribution is 6.36. The van der Waals surface area contributed by atoms with Gasteiger partial charge in [-0.25, -0.2) is 5.01 Å². The molecular weight excluding hydrogens is 423 g/mol. The van der Waals surface area contributed by atoms with Crippen LogP contribution in [0.4, 0.5) is 5.69 Å². The number of benzene rings is 2. The smallest absolute Gasteiger partial charge is 0.282 e. The Labute approximate surface area is 175 Å². The summed E-state index contributed by atoms with van der Waals surface area (Å²) in [5.41, 5.74) is 3.63. The van der Waals surface area contributed by atoms with Gasteiger partial charge in [0.15, 0.2) is 0 Å². The predicted octanol–water partition coefficient (Wildman–Crippen LogP) is 5.37. The van der Waals surface area contributed by atoms with Crippen LogP contribution in [0.5, 0.6) is 0 Å². The minimum atomic E-state index is -0.526. The van der Waals surface area contributed by atoms with Crippen LogP contribution in [0.2, 0.25) is 15.1 Å². The Balaban J connectivity index is 1.62. The number of carbonyl (C=O) groups excluding carboxylic acids is 2. The van der Waals surface area contributed by atoms with Gasteiger partial charge in [0, 0.05) is 15.6 Å². The van der Waals surface area contributed by atoms with E-state index in [4.69, 9.17) is 39.2 Å². The lowest BCUT2D eigenvalue weighted by atomic mass is 10.2. The number of amides is 2. The Morgan fingerprint density at radius 1 is 0.893 bits per heavy atom. The molecule has 1 aliphatic rings. The first kappa shape index (κ1) is 18.6. The van der Waals surface area contributed by atoms with Gasteiger partial charge in [0.1, 0.15) is 17.1 Å². The SMILES string of the molecule is O=C1NN(c2ccc(Cl)cc2)C(=O)/C1=C\c1ccc(-c2ccc(Cl)cc2Cl)o1. The van der Waals surface area contributed by atoms with Crippen molar-refractivity contribution in [3.63, 3.8) is 0 Å². The van der Waals surface area contributed by atoms with Crippen molar-refractivity contribution >= 4 is 58.4 Å². The monoisotopic (exact) mass is 432 g/mol. The number of hydrazine groups is 1. The van der Waals surface area contributed by atoms with Crippen LogP contribution in [0, 0.1) is 0 Å². The molecule has 0 bridgehead atoms. The van der Waals surface area contributed by atoms with Gasteiger partial charge < -0.3 is 4.42 Å². The zero-order valence-electron chi connectivity index (χ0n) is 14.1. The van der Waals surface area contributed by atoms with Crippen LogP contribution in [-0.4, -0.2) is 11.8 Å². The summed E-state index contributed by atoms with van der Waals surface area (Å²) in [4.78, 5) is 24.9. The number of carbonyl (C=O) groups is 2. The van der Waals surface area contributed by atoms with E-state index >= 15 is 0 Å². The van der Waals surface area contributed by atoms with Crippen molar-refractivity contribution in [2.45, 2.75) is 0 Å². The number of halogens is 3. The molecule has 1 aliphatic heterocycles. The summed E-state index contributed by atoms with van der Waals surface area (Å²) in [5, 5.41) is 2.63. The Kier molecular flexibility index (Phi) is 4.89. The van der Waals surface area contributed by atoms with Gasteiger partial charge in [0.05, 0.1) is 10.7 Å². The number of hydrogen-bond donors (Lipinski definition) is 1. The fraction of sp³-hybridized carbons (Fsp3) is 0. The summed E-state index contributed by atoms with van der Waals surface area (Å²) in [5.74, 6) is -0.177. The molecule has 4 rings (SSSR count). The van der Waals surface area contributed by atoms with Crippen molar-refractivity contribution in [2.24, 2.45) is 0 Å². The average Bonchev–Trinajstić information content (AvgIpc) is 3.23. The van der Waals surface area contributed by atoms with E-state index in [0.717, 1.165) is 5.01 Å². The van der Waals surface area contributed by atoms with Crippen molar-refractivity contribution in [1.82, 2.24) is 5.43 Å². The van der Waals surface area contributed by atoms with Gasteiger partial charge in [0.2, 0.25) is 0 Å².